The van der Waals surface area contributed by atoms with Crippen LogP contribution in [0.3, 0.4) is 0 Å². The lowest BCUT2D eigenvalue weighted by Crippen LogP contribution is -2.17. The first-order valence-corrected chi connectivity index (χ1v) is 8.23. The summed E-state index contributed by atoms with van der Waals surface area (Å²) in [5, 5.41) is 14.4. The molecule has 0 saturated heterocycles. The maximum Gasteiger partial charge on any atom is 0.225 e. The van der Waals surface area contributed by atoms with Crippen LogP contribution in [0.15, 0.2) is 42.5 Å². The molecule has 2 aromatic rings. The third-order valence-electron chi connectivity index (χ3n) is 4.12. The molecule has 0 aliphatic heterocycles. The zero-order valence-electron chi connectivity index (χ0n) is 13.2. The molecule has 0 radical (unpaired) electrons. The number of carbonyl (C=O) groups excluding carboxylic acids is 1. The molecule has 1 aromatic heterocycles. The van der Waals surface area contributed by atoms with Crippen LogP contribution in [0, 0.1) is 0 Å². The van der Waals surface area contributed by atoms with E-state index in [1.807, 2.05) is 36.4 Å². The molecule has 1 amide bonds. The van der Waals surface area contributed by atoms with E-state index in [1.54, 1.807) is 6.07 Å². The number of nitrogens with zero attached hydrogens (tertiary/aromatic N) is 2. The van der Waals surface area contributed by atoms with Gasteiger partial charge in [-0.05, 0) is 37.0 Å². The molecule has 120 valence electrons. The third-order valence-corrected chi connectivity index (χ3v) is 4.12. The number of carbonyl (C=O) groups is 1. The standard InChI is InChI=1S/C18H22N4O/c23-18(13-10-14-6-2-1-3-7-14)20-17-12-11-16(21-22-17)19-15-8-4-5-9-15/h1-3,6-7,11-12,15H,4-5,8-10,13H2,(H,19,21)(H,20,22,23). The fraction of sp³-hybridized carbons (Fsp3) is 0.389. The molecule has 1 fully saturated rings. The Kier molecular flexibility index (Phi) is 5.19. The lowest BCUT2D eigenvalue weighted by atomic mass is 10.1. The van der Waals surface area contributed by atoms with Crippen molar-refractivity contribution in [3.63, 3.8) is 0 Å². The van der Waals surface area contributed by atoms with Crippen molar-refractivity contribution in [2.75, 3.05) is 10.6 Å². The van der Waals surface area contributed by atoms with Crippen LogP contribution < -0.4 is 10.6 Å². The van der Waals surface area contributed by atoms with Crippen LogP contribution >= 0.6 is 0 Å². The van der Waals surface area contributed by atoms with Gasteiger partial charge < -0.3 is 10.6 Å². The molecule has 1 aromatic carbocycles. The van der Waals surface area contributed by atoms with Gasteiger partial charge in [0.2, 0.25) is 5.91 Å². The molecule has 0 unspecified atom stereocenters. The van der Waals surface area contributed by atoms with E-state index in [1.165, 1.54) is 25.7 Å². The molecular weight excluding hydrogens is 288 g/mol. The summed E-state index contributed by atoms with van der Waals surface area (Å²) in [6.07, 6.45) is 6.11. The van der Waals surface area contributed by atoms with Gasteiger partial charge in [-0.15, -0.1) is 10.2 Å². The monoisotopic (exact) mass is 310 g/mol. The maximum atomic E-state index is 12.0. The number of benzene rings is 1. The second kappa shape index (κ2) is 7.72. The summed E-state index contributed by atoms with van der Waals surface area (Å²) in [6, 6.07) is 14.2. The molecule has 0 bridgehead atoms. The smallest absolute Gasteiger partial charge is 0.225 e. The first-order valence-electron chi connectivity index (χ1n) is 8.23. The van der Waals surface area contributed by atoms with E-state index in [0.29, 0.717) is 18.3 Å². The Bertz CT molecular complexity index is 621. The highest BCUT2D eigenvalue weighted by Gasteiger charge is 2.15. The Labute approximate surface area is 136 Å². The van der Waals surface area contributed by atoms with Crippen molar-refractivity contribution in [1.29, 1.82) is 0 Å². The van der Waals surface area contributed by atoms with Gasteiger partial charge in [0.15, 0.2) is 5.82 Å². The van der Waals surface area contributed by atoms with Crippen molar-refractivity contribution in [1.82, 2.24) is 10.2 Å². The average molecular weight is 310 g/mol. The second-order valence-electron chi connectivity index (χ2n) is 5.96. The molecule has 0 atom stereocenters. The fourth-order valence-electron chi connectivity index (χ4n) is 2.86. The van der Waals surface area contributed by atoms with E-state index >= 15 is 0 Å². The van der Waals surface area contributed by atoms with E-state index in [-0.39, 0.29) is 5.91 Å². The van der Waals surface area contributed by atoms with Crippen molar-refractivity contribution in [2.24, 2.45) is 0 Å². The van der Waals surface area contributed by atoms with E-state index in [4.69, 9.17) is 0 Å². The van der Waals surface area contributed by atoms with Gasteiger partial charge in [-0.25, -0.2) is 0 Å². The van der Waals surface area contributed by atoms with E-state index in [0.717, 1.165) is 17.8 Å². The van der Waals surface area contributed by atoms with Gasteiger partial charge in [-0.3, -0.25) is 4.79 Å². The lowest BCUT2D eigenvalue weighted by Gasteiger charge is -2.12. The van der Waals surface area contributed by atoms with Gasteiger partial charge in [-0.2, -0.15) is 0 Å². The summed E-state index contributed by atoms with van der Waals surface area (Å²) < 4.78 is 0. The number of hydrogen-bond acceptors (Lipinski definition) is 4. The first kappa shape index (κ1) is 15.5. The summed E-state index contributed by atoms with van der Waals surface area (Å²) in [5.74, 6) is 1.24. The predicted molar refractivity (Wildman–Crippen MR) is 91.3 cm³/mol. The van der Waals surface area contributed by atoms with Gasteiger partial charge in [0.25, 0.3) is 0 Å². The normalized spacial score (nSPS) is 14.6. The number of aromatic nitrogens is 2. The van der Waals surface area contributed by atoms with Crippen molar-refractivity contribution in [3.8, 4) is 0 Å². The lowest BCUT2D eigenvalue weighted by molar-refractivity contribution is -0.116. The van der Waals surface area contributed by atoms with E-state index in [2.05, 4.69) is 20.8 Å². The molecule has 23 heavy (non-hydrogen) atoms. The topological polar surface area (TPSA) is 66.9 Å². The van der Waals surface area contributed by atoms with Crippen molar-refractivity contribution in [2.45, 2.75) is 44.6 Å². The van der Waals surface area contributed by atoms with Crippen molar-refractivity contribution >= 4 is 17.5 Å². The Hall–Kier alpha value is -2.43. The largest absolute Gasteiger partial charge is 0.366 e. The zero-order chi connectivity index (χ0) is 15.9. The number of rotatable bonds is 6. The fourth-order valence-corrected chi connectivity index (χ4v) is 2.86. The minimum atomic E-state index is -0.0420. The van der Waals surface area contributed by atoms with Crippen LogP contribution in [-0.4, -0.2) is 22.1 Å². The molecule has 5 nitrogen and oxygen atoms in total. The Balaban J connectivity index is 1.46. The Morgan fingerprint density at radius 1 is 1.00 bits per heavy atom. The summed E-state index contributed by atoms with van der Waals surface area (Å²) in [7, 11) is 0. The molecule has 1 aliphatic rings. The minimum Gasteiger partial charge on any atom is -0.366 e. The molecule has 3 rings (SSSR count). The molecule has 1 heterocycles. The molecule has 1 aliphatic carbocycles. The highest BCUT2D eigenvalue weighted by Crippen LogP contribution is 2.21. The molecule has 2 N–H and O–H groups in total. The summed E-state index contributed by atoms with van der Waals surface area (Å²) in [4.78, 5) is 12.0. The van der Waals surface area contributed by atoms with Crippen LogP contribution in [0.2, 0.25) is 0 Å². The Morgan fingerprint density at radius 2 is 1.70 bits per heavy atom. The number of hydrogen-bond donors (Lipinski definition) is 2. The summed E-state index contributed by atoms with van der Waals surface area (Å²) >= 11 is 0. The summed E-state index contributed by atoms with van der Waals surface area (Å²) in [6.45, 7) is 0. The van der Waals surface area contributed by atoms with Crippen LogP contribution in [-0.2, 0) is 11.2 Å². The van der Waals surface area contributed by atoms with Crippen molar-refractivity contribution < 1.29 is 4.79 Å². The van der Waals surface area contributed by atoms with Crippen LogP contribution in [0.1, 0.15) is 37.7 Å². The number of amides is 1. The molecular formula is C18H22N4O. The predicted octanol–water partition coefficient (Wildman–Crippen LogP) is 3.40. The molecule has 0 spiro atoms. The minimum absolute atomic E-state index is 0.0420. The van der Waals surface area contributed by atoms with Gasteiger partial charge in [-0.1, -0.05) is 43.2 Å². The van der Waals surface area contributed by atoms with Gasteiger partial charge in [0, 0.05) is 12.5 Å². The number of aryl methyl sites for hydroxylation is 1. The quantitative estimate of drug-likeness (QED) is 0.858. The van der Waals surface area contributed by atoms with Crippen LogP contribution in [0.5, 0.6) is 0 Å². The van der Waals surface area contributed by atoms with Crippen LogP contribution in [0.25, 0.3) is 0 Å². The average Bonchev–Trinajstić information content (AvgIpc) is 3.09. The van der Waals surface area contributed by atoms with Gasteiger partial charge in [0.05, 0.1) is 0 Å². The molecule has 1 saturated carbocycles. The second-order valence-corrected chi connectivity index (χ2v) is 5.96. The first-order chi connectivity index (χ1) is 11.3. The van der Waals surface area contributed by atoms with E-state index < -0.39 is 0 Å². The SMILES string of the molecule is O=C(CCc1ccccc1)Nc1ccc(NC2CCCC2)nn1. The molecule has 5 heteroatoms. The number of nitrogens with one attached hydrogen (secondary N) is 2. The highest BCUT2D eigenvalue weighted by molar-refractivity contribution is 5.89. The summed E-state index contributed by atoms with van der Waals surface area (Å²) in [5.41, 5.74) is 1.16. The third kappa shape index (κ3) is 4.77. The zero-order valence-corrected chi connectivity index (χ0v) is 13.2. The Morgan fingerprint density at radius 3 is 2.39 bits per heavy atom. The van der Waals surface area contributed by atoms with Crippen molar-refractivity contribution in [3.05, 3.63) is 48.0 Å². The van der Waals surface area contributed by atoms with Crippen LogP contribution in [0.4, 0.5) is 11.6 Å². The van der Waals surface area contributed by atoms with Gasteiger partial charge >= 0.3 is 0 Å². The van der Waals surface area contributed by atoms with E-state index in [9.17, 15) is 4.79 Å². The highest BCUT2D eigenvalue weighted by atomic mass is 16.1. The number of anilines is 2. The maximum absolute atomic E-state index is 12.0. The van der Waals surface area contributed by atoms with Gasteiger partial charge in [0.1, 0.15) is 5.82 Å².